The highest BCUT2D eigenvalue weighted by molar-refractivity contribution is 5.64. The van der Waals surface area contributed by atoms with Crippen molar-refractivity contribution >= 4 is 11.4 Å². The van der Waals surface area contributed by atoms with Crippen LogP contribution in [0.4, 0.5) is 11.4 Å². The third-order valence-electron chi connectivity index (χ3n) is 4.21. The van der Waals surface area contributed by atoms with E-state index in [4.69, 9.17) is 5.73 Å². The fourth-order valence-electron chi connectivity index (χ4n) is 2.87. The second kappa shape index (κ2) is 2.69. The number of nitrogens with two attached hydrogens (primary N) is 1. The minimum Gasteiger partial charge on any atom is -0.399 e. The smallest absolute Gasteiger partial charge is 0.0401 e. The molecule has 0 saturated heterocycles. The van der Waals surface area contributed by atoms with Crippen molar-refractivity contribution in [3.05, 3.63) is 23.8 Å². The second-order valence-electron chi connectivity index (χ2n) is 5.37. The van der Waals surface area contributed by atoms with Gasteiger partial charge in [0, 0.05) is 24.5 Å². The Bertz CT molecular complexity index is 407. The van der Waals surface area contributed by atoms with Crippen molar-refractivity contribution in [2.24, 2.45) is 5.41 Å². The number of nitrogen functional groups attached to an aromatic ring is 1. The van der Waals surface area contributed by atoms with Gasteiger partial charge in [0.2, 0.25) is 0 Å². The molecule has 2 nitrogen and oxygen atoms in total. The molecule has 1 aliphatic heterocycles. The Balaban J connectivity index is 1.98. The van der Waals surface area contributed by atoms with E-state index in [1.807, 2.05) is 6.07 Å². The molecule has 80 valence electrons. The summed E-state index contributed by atoms with van der Waals surface area (Å²) in [6.07, 6.45) is 3.93. The highest BCUT2D eigenvalue weighted by atomic mass is 15.2. The Morgan fingerprint density at radius 3 is 2.80 bits per heavy atom. The lowest BCUT2D eigenvalue weighted by molar-refractivity contribution is 0.434. The van der Waals surface area contributed by atoms with Crippen LogP contribution in [0.5, 0.6) is 0 Å². The zero-order valence-electron chi connectivity index (χ0n) is 9.46. The molecule has 2 aliphatic rings. The van der Waals surface area contributed by atoms with Gasteiger partial charge in [0.15, 0.2) is 0 Å². The summed E-state index contributed by atoms with van der Waals surface area (Å²) in [6.45, 7) is 2.41. The van der Waals surface area contributed by atoms with E-state index in [0.29, 0.717) is 11.5 Å². The van der Waals surface area contributed by atoms with Crippen molar-refractivity contribution in [1.82, 2.24) is 0 Å². The summed E-state index contributed by atoms with van der Waals surface area (Å²) in [7, 11) is 2.22. The molecule has 1 aromatic carbocycles. The molecule has 1 heterocycles. The zero-order valence-corrected chi connectivity index (χ0v) is 9.46. The highest BCUT2D eigenvalue weighted by Gasteiger charge is 2.49. The molecule has 2 heteroatoms. The first kappa shape index (κ1) is 9.08. The molecule has 1 aliphatic carbocycles. The van der Waals surface area contributed by atoms with E-state index in [2.05, 4.69) is 31.0 Å². The summed E-state index contributed by atoms with van der Waals surface area (Å²) in [5, 5.41) is 0. The Morgan fingerprint density at radius 1 is 1.40 bits per heavy atom. The summed E-state index contributed by atoms with van der Waals surface area (Å²) >= 11 is 0. The summed E-state index contributed by atoms with van der Waals surface area (Å²) < 4.78 is 0. The van der Waals surface area contributed by atoms with E-state index in [9.17, 15) is 0 Å². The summed E-state index contributed by atoms with van der Waals surface area (Å²) in [6, 6.07) is 7.00. The molecule has 0 bridgehead atoms. The van der Waals surface area contributed by atoms with Crippen LogP contribution in [-0.4, -0.2) is 13.1 Å². The summed E-state index contributed by atoms with van der Waals surface area (Å²) in [4.78, 5) is 2.45. The largest absolute Gasteiger partial charge is 0.399 e. The number of hydrogen-bond acceptors (Lipinski definition) is 2. The Morgan fingerprint density at radius 2 is 2.13 bits per heavy atom. The van der Waals surface area contributed by atoms with Crippen LogP contribution in [0.15, 0.2) is 18.2 Å². The molecule has 1 fully saturated rings. The molecule has 1 atom stereocenters. The van der Waals surface area contributed by atoms with Gasteiger partial charge in [-0.2, -0.15) is 0 Å². The molecule has 1 aromatic rings. The van der Waals surface area contributed by atoms with E-state index < -0.39 is 0 Å². The van der Waals surface area contributed by atoms with Gasteiger partial charge in [-0.15, -0.1) is 0 Å². The number of likely N-dealkylation sites (N-methyl/N-ethyl adjacent to an activating group) is 1. The Kier molecular flexibility index (Phi) is 1.63. The highest BCUT2D eigenvalue weighted by Crippen LogP contribution is 2.53. The third kappa shape index (κ3) is 1.24. The fourth-order valence-corrected chi connectivity index (χ4v) is 2.87. The van der Waals surface area contributed by atoms with Crippen LogP contribution >= 0.6 is 0 Å². The zero-order chi connectivity index (χ0) is 10.6. The first-order chi connectivity index (χ1) is 7.10. The van der Waals surface area contributed by atoms with Gasteiger partial charge >= 0.3 is 0 Å². The maximum atomic E-state index is 5.83. The molecule has 0 aromatic heterocycles. The van der Waals surface area contributed by atoms with Gasteiger partial charge in [-0.25, -0.2) is 0 Å². The lowest BCUT2D eigenvalue weighted by atomic mass is 9.95. The number of anilines is 2. The van der Waals surface area contributed by atoms with Gasteiger partial charge in [0.05, 0.1) is 0 Å². The molecular formula is C13H18N2. The van der Waals surface area contributed by atoms with Gasteiger partial charge in [-0.1, -0.05) is 6.92 Å². The maximum Gasteiger partial charge on any atom is 0.0401 e. The Hall–Kier alpha value is -1.18. The standard InChI is InChI=1S/C13H18N2/c1-13(5-6-13)12-8-9-7-10(14)3-4-11(9)15(12)2/h3-4,7,12H,5-6,8,14H2,1-2H3. The van der Waals surface area contributed by atoms with Gasteiger partial charge in [-0.05, 0) is 48.4 Å². The lowest BCUT2D eigenvalue weighted by Crippen LogP contribution is -2.35. The number of rotatable bonds is 1. The lowest BCUT2D eigenvalue weighted by Gasteiger charge is -2.28. The third-order valence-corrected chi connectivity index (χ3v) is 4.21. The van der Waals surface area contributed by atoms with Crippen molar-refractivity contribution in [1.29, 1.82) is 0 Å². The van der Waals surface area contributed by atoms with Crippen molar-refractivity contribution in [3.8, 4) is 0 Å². The topological polar surface area (TPSA) is 29.3 Å². The van der Waals surface area contributed by atoms with Crippen LogP contribution < -0.4 is 10.6 Å². The SMILES string of the molecule is CN1c2ccc(N)cc2CC1C1(C)CC1. The minimum atomic E-state index is 0.558. The van der Waals surface area contributed by atoms with Crippen molar-refractivity contribution in [3.63, 3.8) is 0 Å². The van der Waals surface area contributed by atoms with Crippen molar-refractivity contribution < 1.29 is 0 Å². The van der Waals surface area contributed by atoms with E-state index in [-0.39, 0.29) is 0 Å². The van der Waals surface area contributed by atoms with E-state index >= 15 is 0 Å². The van der Waals surface area contributed by atoms with Crippen LogP contribution in [-0.2, 0) is 6.42 Å². The number of hydrogen-bond donors (Lipinski definition) is 1. The van der Waals surface area contributed by atoms with Crippen LogP contribution in [0.2, 0.25) is 0 Å². The molecule has 15 heavy (non-hydrogen) atoms. The minimum absolute atomic E-state index is 0.558. The number of benzene rings is 1. The van der Waals surface area contributed by atoms with Crippen LogP contribution in [0.25, 0.3) is 0 Å². The van der Waals surface area contributed by atoms with Gasteiger partial charge in [0.1, 0.15) is 0 Å². The van der Waals surface area contributed by atoms with Gasteiger partial charge in [-0.3, -0.25) is 0 Å². The predicted molar refractivity (Wildman–Crippen MR) is 64.1 cm³/mol. The van der Waals surface area contributed by atoms with E-state index in [1.165, 1.54) is 30.5 Å². The summed E-state index contributed by atoms with van der Waals surface area (Å²) in [5.74, 6) is 0. The van der Waals surface area contributed by atoms with Crippen molar-refractivity contribution in [2.45, 2.75) is 32.2 Å². The molecule has 0 spiro atoms. The average Bonchev–Trinajstić information content (AvgIpc) is 2.84. The average molecular weight is 202 g/mol. The van der Waals surface area contributed by atoms with Gasteiger partial charge < -0.3 is 10.6 Å². The number of fused-ring (bicyclic) bond motifs is 1. The van der Waals surface area contributed by atoms with Crippen LogP contribution in [0.3, 0.4) is 0 Å². The molecule has 1 unspecified atom stereocenters. The van der Waals surface area contributed by atoms with E-state index in [0.717, 1.165) is 5.69 Å². The first-order valence-electron chi connectivity index (χ1n) is 5.71. The van der Waals surface area contributed by atoms with Crippen LogP contribution in [0, 0.1) is 5.41 Å². The molecule has 1 saturated carbocycles. The Labute approximate surface area is 91.1 Å². The van der Waals surface area contributed by atoms with Gasteiger partial charge in [0.25, 0.3) is 0 Å². The first-order valence-corrected chi connectivity index (χ1v) is 5.71. The second-order valence-corrected chi connectivity index (χ2v) is 5.37. The molecular weight excluding hydrogens is 184 g/mol. The monoisotopic (exact) mass is 202 g/mol. The molecule has 2 N–H and O–H groups in total. The number of nitrogens with zero attached hydrogens (tertiary/aromatic N) is 1. The molecule has 0 amide bonds. The van der Waals surface area contributed by atoms with Crippen molar-refractivity contribution in [2.75, 3.05) is 17.7 Å². The van der Waals surface area contributed by atoms with E-state index in [1.54, 1.807) is 0 Å². The summed E-state index contributed by atoms with van der Waals surface area (Å²) in [5.41, 5.74) is 10.1. The maximum absolute atomic E-state index is 5.83. The molecule has 0 radical (unpaired) electrons. The fraction of sp³-hybridized carbons (Fsp3) is 0.538. The van der Waals surface area contributed by atoms with Crippen LogP contribution in [0.1, 0.15) is 25.3 Å². The quantitative estimate of drug-likeness (QED) is 0.709. The molecule has 3 rings (SSSR count). The normalized spacial score (nSPS) is 26.5. The predicted octanol–water partition coefficient (Wildman–Crippen LogP) is 2.43.